The van der Waals surface area contributed by atoms with E-state index in [0.717, 1.165) is 0 Å². The van der Waals surface area contributed by atoms with Gasteiger partial charge in [0.15, 0.2) is 0 Å². The van der Waals surface area contributed by atoms with Crippen LogP contribution in [0.3, 0.4) is 0 Å². The molecule has 18 heavy (non-hydrogen) atoms. The number of thioether (sulfide) groups is 1. The molecule has 0 aromatic heterocycles. The summed E-state index contributed by atoms with van der Waals surface area (Å²) in [6.45, 7) is 0.848. The normalized spacial score (nSPS) is 18.4. The van der Waals surface area contributed by atoms with E-state index >= 15 is 0 Å². The Morgan fingerprint density at radius 2 is 2.06 bits per heavy atom. The van der Waals surface area contributed by atoms with Crippen molar-refractivity contribution in [3.05, 3.63) is 0 Å². The lowest BCUT2D eigenvalue weighted by atomic mass is 10.2. The molecule has 1 aliphatic rings. The molecule has 0 aromatic rings. The van der Waals surface area contributed by atoms with Crippen LogP contribution in [-0.2, 0) is 15.6 Å². The summed E-state index contributed by atoms with van der Waals surface area (Å²) in [5.74, 6) is 0.603. The maximum atomic E-state index is 11.8. The van der Waals surface area contributed by atoms with E-state index in [1.807, 2.05) is 6.26 Å². The first-order valence-electron chi connectivity index (χ1n) is 5.66. The van der Waals surface area contributed by atoms with Gasteiger partial charge in [-0.3, -0.25) is 4.21 Å². The van der Waals surface area contributed by atoms with Crippen LogP contribution >= 0.6 is 11.8 Å². The van der Waals surface area contributed by atoms with Gasteiger partial charge in [-0.15, -0.1) is 0 Å². The minimum absolute atomic E-state index is 0.375. The van der Waals surface area contributed by atoms with Gasteiger partial charge in [0.25, 0.3) is 0 Å². The summed E-state index contributed by atoms with van der Waals surface area (Å²) in [4.78, 5) is 24.3. The molecule has 0 saturated carbocycles. The molecule has 0 bridgehead atoms. The van der Waals surface area contributed by atoms with Crippen LogP contribution in [-0.4, -0.2) is 68.9 Å². The van der Waals surface area contributed by atoms with Crippen molar-refractivity contribution < 1.29 is 18.9 Å². The molecule has 6 nitrogen and oxygen atoms in total. The molecule has 1 fully saturated rings. The Bertz CT molecular complexity index is 328. The second kappa shape index (κ2) is 7.63. The fourth-order valence-corrected chi connectivity index (χ4v) is 3.10. The van der Waals surface area contributed by atoms with Crippen molar-refractivity contribution in [1.82, 2.24) is 10.2 Å². The van der Waals surface area contributed by atoms with Gasteiger partial charge in [-0.1, -0.05) is 0 Å². The predicted octanol–water partition coefficient (Wildman–Crippen LogP) is -0.0334. The number of carbonyl (C=O) groups is 2. The third-order valence-corrected chi connectivity index (χ3v) is 4.59. The van der Waals surface area contributed by atoms with Crippen molar-refractivity contribution in [2.24, 2.45) is 0 Å². The molecular formula is C10H18N2O4S2. The van der Waals surface area contributed by atoms with E-state index < -0.39 is 22.8 Å². The maximum absolute atomic E-state index is 11.8. The van der Waals surface area contributed by atoms with Gasteiger partial charge in [-0.05, 0) is 18.4 Å². The zero-order valence-electron chi connectivity index (χ0n) is 10.3. The lowest BCUT2D eigenvalue weighted by Gasteiger charge is -2.28. The quantitative estimate of drug-likeness (QED) is 0.743. The fraction of sp³-hybridized carbons (Fsp3) is 0.800. The van der Waals surface area contributed by atoms with Crippen LogP contribution in [0.25, 0.3) is 0 Å². The first kappa shape index (κ1) is 15.3. The van der Waals surface area contributed by atoms with Crippen LogP contribution < -0.4 is 5.32 Å². The van der Waals surface area contributed by atoms with Crippen LogP contribution in [0.4, 0.5) is 4.79 Å². The van der Waals surface area contributed by atoms with Crippen LogP contribution in [0.2, 0.25) is 0 Å². The summed E-state index contributed by atoms with van der Waals surface area (Å²) in [6, 6.07) is -1.22. The number of carbonyl (C=O) groups excluding carboxylic acids is 1. The second-order valence-corrected chi connectivity index (χ2v) is 6.64. The molecule has 8 heteroatoms. The van der Waals surface area contributed by atoms with E-state index in [4.69, 9.17) is 5.11 Å². The molecule has 0 unspecified atom stereocenters. The Morgan fingerprint density at radius 1 is 1.44 bits per heavy atom. The first-order chi connectivity index (χ1) is 8.54. The molecule has 2 N–H and O–H groups in total. The summed E-state index contributed by atoms with van der Waals surface area (Å²) < 4.78 is 11.2. The SMILES string of the molecule is CSCC[C@@H](NC(=O)N1CCS(=O)CC1)C(=O)O. The van der Waals surface area contributed by atoms with Crippen molar-refractivity contribution in [3.8, 4) is 0 Å². The molecule has 1 rings (SSSR count). The molecule has 0 aromatic carbocycles. The number of carboxylic acid groups (broad SMARTS) is 1. The molecular weight excluding hydrogens is 276 g/mol. The average Bonchev–Trinajstić information content (AvgIpc) is 2.34. The molecule has 1 atom stereocenters. The van der Waals surface area contributed by atoms with E-state index in [9.17, 15) is 13.8 Å². The Balaban J connectivity index is 2.45. The topological polar surface area (TPSA) is 86.7 Å². The lowest BCUT2D eigenvalue weighted by molar-refractivity contribution is -0.139. The van der Waals surface area contributed by atoms with E-state index in [-0.39, 0.29) is 6.03 Å². The highest BCUT2D eigenvalue weighted by Gasteiger charge is 2.25. The van der Waals surface area contributed by atoms with Gasteiger partial charge < -0.3 is 15.3 Å². The van der Waals surface area contributed by atoms with Gasteiger partial charge in [0.1, 0.15) is 6.04 Å². The van der Waals surface area contributed by atoms with Crippen molar-refractivity contribution in [2.45, 2.75) is 12.5 Å². The summed E-state index contributed by atoms with van der Waals surface area (Å²) >= 11 is 1.54. The summed E-state index contributed by atoms with van der Waals surface area (Å²) in [5, 5.41) is 11.5. The van der Waals surface area contributed by atoms with Crippen LogP contribution in [0.5, 0.6) is 0 Å². The van der Waals surface area contributed by atoms with E-state index in [1.165, 1.54) is 4.90 Å². The standard InChI is InChI=1S/C10H18N2O4S2/c1-17-5-2-8(9(13)14)11-10(15)12-3-6-18(16)7-4-12/h8H,2-7H2,1H3,(H,11,15)(H,13,14)/t8-/m1/s1. The summed E-state index contributed by atoms with van der Waals surface area (Å²) in [7, 11) is -0.845. The van der Waals surface area contributed by atoms with Crippen molar-refractivity contribution in [2.75, 3.05) is 36.6 Å². The minimum atomic E-state index is -1.02. The zero-order chi connectivity index (χ0) is 13.5. The van der Waals surface area contributed by atoms with Gasteiger partial charge in [0.2, 0.25) is 0 Å². The van der Waals surface area contributed by atoms with Crippen molar-refractivity contribution in [1.29, 1.82) is 0 Å². The third kappa shape index (κ3) is 4.85. The number of aliphatic carboxylic acids is 1. The molecule has 0 aliphatic carbocycles. The highest BCUT2D eigenvalue weighted by molar-refractivity contribution is 7.98. The molecule has 0 radical (unpaired) electrons. The number of amides is 2. The van der Waals surface area contributed by atoms with Crippen molar-refractivity contribution >= 4 is 34.6 Å². The number of carboxylic acids is 1. The highest BCUT2D eigenvalue weighted by atomic mass is 32.2. The monoisotopic (exact) mass is 294 g/mol. The van der Waals surface area contributed by atoms with Gasteiger partial charge in [0.05, 0.1) is 0 Å². The van der Waals surface area contributed by atoms with Crippen molar-refractivity contribution in [3.63, 3.8) is 0 Å². The zero-order valence-corrected chi connectivity index (χ0v) is 11.9. The number of rotatable bonds is 5. The maximum Gasteiger partial charge on any atom is 0.326 e. The summed E-state index contributed by atoms with van der Waals surface area (Å²) in [6.07, 6.45) is 2.29. The van der Waals surface area contributed by atoms with Gasteiger partial charge in [0, 0.05) is 35.4 Å². The van der Waals surface area contributed by atoms with Gasteiger partial charge in [-0.25, -0.2) is 9.59 Å². The average molecular weight is 294 g/mol. The van der Waals surface area contributed by atoms with E-state index in [2.05, 4.69) is 5.32 Å². The number of hydrogen-bond donors (Lipinski definition) is 2. The lowest BCUT2D eigenvalue weighted by Crippen LogP contribution is -2.51. The fourth-order valence-electron chi connectivity index (χ4n) is 1.57. The largest absolute Gasteiger partial charge is 0.480 e. The Hall–Kier alpha value is -0.760. The first-order valence-corrected chi connectivity index (χ1v) is 8.55. The number of hydrogen-bond acceptors (Lipinski definition) is 4. The number of urea groups is 1. The van der Waals surface area contributed by atoms with E-state index in [1.54, 1.807) is 11.8 Å². The molecule has 1 aliphatic heterocycles. The Labute approximate surface area is 113 Å². The Morgan fingerprint density at radius 3 is 2.56 bits per heavy atom. The third-order valence-electron chi connectivity index (χ3n) is 2.67. The van der Waals surface area contributed by atoms with E-state index in [0.29, 0.717) is 36.8 Å². The molecule has 1 saturated heterocycles. The van der Waals surface area contributed by atoms with Crippen LogP contribution in [0.1, 0.15) is 6.42 Å². The molecule has 0 spiro atoms. The Kier molecular flexibility index (Phi) is 6.48. The number of nitrogens with one attached hydrogen (secondary N) is 1. The smallest absolute Gasteiger partial charge is 0.326 e. The molecule has 104 valence electrons. The predicted molar refractivity (Wildman–Crippen MR) is 72.4 cm³/mol. The summed E-state index contributed by atoms with van der Waals surface area (Å²) in [5.41, 5.74) is 0. The van der Waals surface area contributed by atoms with Crippen LogP contribution in [0, 0.1) is 0 Å². The minimum Gasteiger partial charge on any atom is -0.480 e. The number of nitrogens with zero attached hydrogens (tertiary/aromatic N) is 1. The molecule has 2 amide bonds. The van der Waals surface area contributed by atoms with Crippen LogP contribution in [0.15, 0.2) is 0 Å². The second-order valence-electron chi connectivity index (χ2n) is 3.96. The van der Waals surface area contributed by atoms with Gasteiger partial charge in [-0.2, -0.15) is 11.8 Å². The molecule has 1 heterocycles. The highest BCUT2D eigenvalue weighted by Crippen LogP contribution is 2.04. The van der Waals surface area contributed by atoms with Gasteiger partial charge >= 0.3 is 12.0 Å².